The zero-order valence-electron chi connectivity index (χ0n) is 17.8. The number of hydrogen-bond donors (Lipinski definition) is 0. The number of anilines is 1. The van der Waals surface area contributed by atoms with Crippen LogP contribution in [-0.4, -0.2) is 59.8 Å². The highest BCUT2D eigenvalue weighted by Crippen LogP contribution is 2.30. The molecule has 2 fully saturated rings. The quantitative estimate of drug-likeness (QED) is 0.720. The number of benzene rings is 1. The third-order valence-corrected chi connectivity index (χ3v) is 6.36. The average molecular weight is 411 g/mol. The van der Waals surface area contributed by atoms with Gasteiger partial charge in [-0.3, -0.25) is 9.59 Å². The fourth-order valence-electron chi connectivity index (χ4n) is 4.43. The van der Waals surface area contributed by atoms with Crippen molar-refractivity contribution in [2.24, 2.45) is 11.8 Å². The van der Waals surface area contributed by atoms with Crippen LogP contribution in [0.4, 0.5) is 5.82 Å². The molecule has 2 aliphatic heterocycles. The van der Waals surface area contributed by atoms with E-state index >= 15 is 0 Å². The standard InChI is InChI=1S/C23H30N4O3/c1-3-30-23(29)17-10-14-27(15-11-17)22(28)20-18-6-4-5-7-19(18)21(25-24-20)26-12-8-16(2)9-13-26/h4-7,16-17H,3,8-15H2,1-2H3. The van der Waals surface area contributed by atoms with Gasteiger partial charge < -0.3 is 14.5 Å². The lowest BCUT2D eigenvalue weighted by atomic mass is 9.96. The lowest BCUT2D eigenvalue weighted by Crippen LogP contribution is -2.41. The van der Waals surface area contributed by atoms with Gasteiger partial charge in [0.25, 0.3) is 5.91 Å². The van der Waals surface area contributed by atoms with Gasteiger partial charge in [-0.1, -0.05) is 31.2 Å². The van der Waals surface area contributed by atoms with E-state index in [2.05, 4.69) is 22.0 Å². The molecule has 0 bridgehead atoms. The Balaban J connectivity index is 1.54. The van der Waals surface area contributed by atoms with E-state index in [9.17, 15) is 9.59 Å². The summed E-state index contributed by atoms with van der Waals surface area (Å²) >= 11 is 0. The average Bonchev–Trinajstić information content (AvgIpc) is 2.79. The van der Waals surface area contributed by atoms with E-state index in [4.69, 9.17) is 4.74 Å². The zero-order chi connectivity index (χ0) is 21.1. The van der Waals surface area contributed by atoms with Crippen molar-refractivity contribution in [3.8, 4) is 0 Å². The van der Waals surface area contributed by atoms with Crippen molar-refractivity contribution < 1.29 is 14.3 Å². The number of hydrogen-bond acceptors (Lipinski definition) is 6. The largest absolute Gasteiger partial charge is 0.466 e. The van der Waals surface area contributed by atoms with E-state index in [-0.39, 0.29) is 17.8 Å². The van der Waals surface area contributed by atoms with Crippen LogP contribution in [0.5, 0.6) is 0 Å². The Morgan fingerprint density at radius 1 is 1.00 bits per heavy atom. The summed E-state index contributed by atoms with van der Waals surface area (Å²) in [6.07, 6.45) is 3.54. The maximum atomic E-state index is 13.2. The summed E-state index contributed by atoms with van der Waals surface area (Å²) in [5.41, 5.74) is 0.398. The fourth-order valence-corrected chi connectivity index (χ4v) is 4.43. The lowest BCUT2D eigenvalue weighted by molar-refractivity contribution is -0.149. The van der Waals surface area contributed by atoms with Gasteiger partial charge in [0.1, 0.15) is 0 Å². The highest BCUT2D eigenvalue weighted by atomic mass is 16.5. The van der Waals surface area contributed by atoms with E-state index in [1.54, 1.807) is 4.90 Å². The molecule has 7 nitrogen and oxygen atoms in total. The van der Waals surface area contributed by atoms with E-state index in [0.29, 0.717) is 38.2 Å². The topological polar surface area (TPSA) is 75.6 Å². The van der Waals surface area contributed by atoms with Crippen molar-refractivity contribution in [2.45, 2.75) is 39.5 Å². The van der Waals surface area contributed by atoms with Gasteiger partial charge in [-0.25, -0.2) is 0 Å². The summed E-state index contributed by atoms with van der Waals surface area (Å²) in [4.78, 5) is 29.3. The van der Waals surface area contributed by atoms with Gasteiger partial charge in [0.2, 0.25) is 0 Å². The number of nitrogens with zero attached hydrogens (tertiary/aromatic N) is 4. The van der Waals surface area contributed by atoms with E-state index in [1.807, 2.05) is 31.2 Å². The van der Waals surface area contributed by atoms with E-state index in [1.165, 1.54) is 0 Å². The van der Waals surface area contributed by atoms with Crippen LogP contribution in [0.25, 0.3) is 10.8 Å². The maximum absolute atomic E-state index is 13.2. The lowest BCUT2D eigenvalue weighted by Gasteiger charge is -2.32. The molecule has 0 radical (unpaired) electrons. The Bertz CT molecular complexity index is 916. The molecular weight excluding hydrogens is 380 g/mol. The number of aromatic nitrogens is 2. The third kappa shape index (κ3) is 4.11. The Hall–Kier alpha value is -2.70. The minimum atomic E-state index is -0.157. The summed E-state index contributed by atoms with van der Waals surface area (Å²) in [6, 6.07) is 7.91. The van der Waals surface area contributed by atoms with Crippen LogP contribution in [0.1, 0.15) is 50.0 Å². The number of carbonyl (C=O) groups excluding carboxylic acids is 2. The zero-order valence-corrected chi connectivity index (χ0v) is 17.8. The molecule has 0 N–H and O–H groups in total. The van der Waals surface area contributed by atoms with Crippen molar-refractivity contribution in [3.63, 3.8) is 0 Å². The Morgan fingerprint density at radius 2 is 1.67 bits per heavy atom. The molecule has 2 saturated heterocycles. The first-order valence-corrected chi connectivity index (χ1v) is 11.0. The molecule has 1 aromatic carbocycles. The van der Waals surface area contributed by atoms with Crippen molar-refractivity contribution in [2.75, 3.05) is 37.7 Å². The van der Waals surface area contributed by atoms with Crippen LogP contribution in [0.2, 0.25) is 0 Å². The molecule has 160 valence electrons. The molecular formula is C23H30N4O3. The van der Waals surface area contributed by atoms with Crippen LogP contribution < -0.4 is 4.90 Å². The number of likely N-dealkylation sites (tertiary alicyclic amines) is 1. The first-order valence-electron chi connectivity index (χ1n) is 11.0. The second kappa shape index (κ2) is 8.98. The van der Waals surface area contributed by atoms with Crippen molar-refractivity contribution in [3.05, 3.63) is 30.0 Å². The minimum absolute atomic E-state index is 0.111. The SMILES string of the molecule is CCOC(=O)C1CCN(C(=O)c2nnc(N3CCC(C)CC3)c3ccccc23)CC1. The highest BCUT2D eigenvalue weighted by molar-refractivity contribution is 6.07. The van der Waals surface area contributed by atoms with Gasteiger partial charge >= 0.3 is 5.97 Å². The Kier molecular flexibility index (Phi) is 6.16. The molecule has 1 aromatic heterocycles. The smallest absolute Gasteiger partial charge is 0.309 e. The monoisotopic (exact) mass is 410 g/mol. The summed E-state index contributed by atoms with van der Waals surface area (Å²) in [6.45, 7) is 7.49. The summed E-state index contributed by atoms with van der Waals surface area (Å²) in [5, 5.41) is 10.7. The van der Waals surface area contributed by atoms with Crippen molar-refractivity contribution in [1.29, 1.82) is 0 Å². The fraction of sp³-hybridized carbons (Fsp3) is 0.565. The number of rotatable bonds is 4. The number of carbonyl (C=O) groups is 2. The number of amides is 1. The van der Waals surface area contributed by atoms with Crippen LogP contribution in [-0.2, 0) is 9.53 Å². The summed E-state index contributed by atoms with van der Waals surface area (Å²) < 4.78 is 5.13. The van der Waals surface area contributed by atoms with E-state index < -0.39 is 0 Å². The molecule has 0 atom stereocenters. The molecule has 30 heavy (non-hydrogen) atoms. The predicted octanol–water partition coefficient (Wildman–Crippen LogP) is 3.28. The molecule has 3 heterocycles. The first-order chi connectivity index (χ1) is 14.6. The van der Waals surface area contributed by atoms with Gasteiger partial charge in [0.05, 0.1) is 12.5 Å². The van der Waals surface area contributed by atoms with Gasteiger partial charge in [0.15, 0.2) is 11.5 Å². The van der Waals surface area contributed by atoms with Gasteiger partial charge in [-0.2, -0.15) is 0 Å². The van der Waals surface area contributed by atoms with Crippen LogP contribution in [0.15, 0.2) is 24.3 Å². The van der Waals surface area contributed by atoms with Crippen LogP contribution >= 0.6 is 0 Å². The van der Waals surface area contributed by atoms with Crippen LogP contribution in [0.3, 0.4) is 0 Å². The second-order valence-corrected chi connectivity index (χ2v) is 8.41. The number of fused-ring (bicyclic) bond motifs is 1. The number of esters is 1. The Labute approximate surface area is 177 Å². The van der Waals surface area contributed by atoms with Gasteiger partial charge in [-0.05, 0) is 38.5 Å². The molecule has 4 rings (SSSR count). The summed E-state index contributed by atoms with van der Waals surface area (Å²) in [7, 11) is 0. The second-order valence-electron chi connectivity index (χ2n) is 8.41. The maximum Gasteiger partial charge on any atom is 0.309 e. The normalized spacial score (nSPS) is 18.6. The van der Waals surface area contributed by atoms with Crippen LogP contribution in [0, 0.1) is 11.8 Å². The molecule has 7 heteroatoms. The molecule has 2 aromatic rings. The molecule has 0 spiro atoms. The minimum Gasteiger partial charge on any atom is -0.466 e. The molecule has 1 amide bonds. The van der Waals surface area contributed by atoms with E-state index in [0.717, 1.165) is 48.4 Å². The Morgan fingerprint density at radius 3 is 2.33 bits per heavy atom. The molecule has 0 saturated carbocycles. The van der Waals surface area contributed by atoms with Gasteiger partial charge in [0, 0.05) is 37.0 Å². The van der Waals surface area contributed by atoms with Gasteiger partial charge in [-0.15, -0.1) is 10.2 Å². The molecule has 2 aliphatic rings. The highest BCUT2D eigenvalue weighted by Gasteiger charge is 2.30. The molecule has 0 unspecified atom stereocenters. The van der Waals surface area contributed by atoms with Crippen molar-refractivity contribution >= 4 is 28.5 Å². The predicted molar refractivity (Wildman–Crippen MR) is 115 cm³/mol. The van der Waals surface area contributed by atoms with Crippen molar-refractivity contribution in [1.82, 2.24) is 15.1 Å². The summed E-state index contributed by atoms with van der Waals surface area (Å²) in [5.74, 6) is 1.21. The number of piperidine rings is 2. The third-order valence-electron chi connectivity index (χ3n) is 6.36. The molecule has 0 aliphatic carbocycles. The number of ether oxygens (including phenoxy) is 1. The first kappa shape index (κ1) is 20.6.